The van der Waals surface area contributed by atoms with Crippen LogP contribution < -0.4 is 0 Å². The van der Waals surface area contributed by atoms with Crippen molar-refractivity contribution >= 4 is 29.1 Å². The fraction of sp³-hybridized carbons (Fsp3) is 0.357. The maximum Gasteiger partial charge on any atom is 0.252 e. The van der Waals surface area contributed by atoms with Gasteiger partial charge in [0.05, 0.1) is 0 Å². The number of hydrogen-bond donors (Lipinski definition) is 0. The molecule has 2 aromatic rings. The Bertz CT molecular complexity index is 628. The van der Waals surface area contributed by atoms with Crippen molar-refractivity contribution in [3.8, 4) is 0 Å². The van der Waals surface area contributed by atoms with Crippen molar-refractivity contribution in [1.82, 2.24) is 19.7 Å². The Morgan fingerprint density at radius 3 is 2.57 bits per heavy atom. The SMILES string of the molecule is CC(C)N(C)C(=O)C(c1ccc(Cl)cc1Cl)n1cncn1. The number of nitrogens with zero attached hydrogens (tertiary/aromatic N) is 4. The summed E-state index contributed by atoms with van der Waals surface area (Å²) in [6.45, 7) is 3.89. The molecule has 1 amide bonds. The molecular formula is C14H16Cl2N4O. The Balaban J connectivity index is 2.49. The topological polar surface area (TPSA) is 51.0 Å². The van der Waals surface area contributed by atoms with E-state index in [9.17, 15) is 4.79 Å². The zero-order valence-corrected chi connectivity index (χ0v) is 13.5. The number of carbonyl (C=O) groups excluding carboxylic acids is 1. The van der Waals surface area contributed by atoms with Crippen molar-refractivity contribution in [3.05, 3.63) is 46.5 Å². The Morgan fingerprint density at radius 1 is 1.33 bits per heavy atom. The van der Waals surface area contributed by atoms with Gasteiger partial charge in [0.15, 0.2) is 6.04 Å². The highest BCUT2D eigenvalue weighted by Crippen LogP contribution is 2.29. The molecule has 0 saturated carbocycles. The summed E-state index contributed by atoms with van der Waals surface area (Å²) in [5.41, 5.74) is 0.643. The molecule has 0 spiro atoms. The highest BCUT2D eigenvalue weighted by molar-refractivity contribution is 6.35. The Labute approximate surface area is 133 Å². The number of benzene rings is 1. The van der Waals surface area contributed by atoms with E-state index in [4.69, 9.17) is 23.2 Å². The molecule has 1 atom stereocenters. The second-order valence-corrected chi connectivity index (χ2v) is 5.83. The summed E-state index contributed by atoms with van der Waals surface area (Å²) in [5, 5.41) is 5.03. The lowest BCUT2D eigenvalue weighted by Crippen LogP contribution is -2.39. The van der Waals surface area contributed by atoms with E-state index in [1.54, 1.807) is 30.1 Å². The number of amides is 1. The van der Waals surface area contributed by atoms with Crippen molar-refractivity contribution < 1.29 is 4.79 Å². The van der Waals surface area contributed by atoms with Gasteiger partial charge in [-0.1, -0.05) is 29.3 Å². The number of likely N-dealkylation sites (N-methyl/N-ethyl adjacent to an activating group) is 1. The molecule has 1 heterocycles. The number of aromatic nitrogens is 3. The third-order valence-corrected chi connectivity index (χ3v) is 3.88. The number of carbonyl (C=O) groups is 1. The van der Waals surface area contributed by atoms with Gasteiger partial charge in [0.1, 0.15) is 12.7 Å². The molecule has 1 aromatic heterocycles. The third kappa shape index (κ3) is 3.36. The summed E-state index contributed by atoms with van der Waals surface area (Å²) < 4.78 is 1.50. The van der Waals surface area contributed by atoms with Crippen LogP contribution in [0.5, 0.6) is 0 Å². The summed E-state index contributed by atoms with van der Waals surface area (Å²) in [6.07, 6.45) is 2.89. The number of halogens is 2. The van der Waals surface area contributed by atoms with Gasteiger partial charge in [-0.3, -0.25) is 4.79 Å². The first kappa shape index (κ1) is 15.8. The molecular weight excluding hydrogens is 311 g/mol. The van der Waals surface area contributed by atoms with Gasteiger partial charge in [-0.05, 0) is 26.0 Å². The minimum Gasteiger partial charge on any atom is -0.341 e. The maximum absolute atomic E-state index is 12.8. The normalized spacial score (nSPS) is 12.5. The van der Waals surface area contributed by atoms with Crippen LogP contribution in [0.2, 0.25) is 10.0 Å². The lowest BCUT2D eigenvalue weighted by atomic mass is 10.1. The quantitative estimate of drug-likeness (QED) is 0.867. The van der Waals surface area contributed by atoms with Gasteiger partial charge in [0, 0.05) is 28.7 Å². The molecule has 0 bridgehead atoms. The smallest absolute Gasteiger partial charge is 0.252 e. The molecule has 0 aliphatic rings. The molecule has 1 unspecified atom stereocenters. The van der Waals surface area contributed by atoms with Crippen LogP contribution in [0.15, 0.2) is 30.9 Å². The van der Waals surface area contributed by atoms with Crippen LogP contribution in [0, 0.1) is 0 Å². The van der Waals surface area contributed by atoms with E-state index in [1.807, 2.05) is 13.8 Å². The van der Waals surface area contributed by atoms with Crippen molar-refractivity contribution in [2.75, 3.05) is 7.05 Å². The first-order chi connectivity index (χ1) is 9.91. The van der Waals surface area contributed by atoms with E-state index in [1.165, 1.54) is 17.3 Å². The first-order valence-electron chi connectivity index (χ1n) is 6.47. The van der Waals surface area contributed by atoms with Crippen LogP contribution in [0.4, 0.5) is 0 Å². The second kappa shape index (κ2) is 6.45. The molecule has 0 fully saturated rings. The van der Waals surface area contributed by atoms with Crippen LogP contribution in [-0.4, -0.2) is 38.7 Å². The molecule has 112 valence electrons. The van der Waals surface area contributed by atoms with Gasteiger partial charge >= 0.3 is 0 Å². The average Bonchev–Trinajstić information content (AvgIpc) is 2.94. The Kier molecular flexibility index (Phi) is 4.85. The fourth-order valence-electron chi connectivity index (χ4n) is 1.91. The highest BCUT2D eigenvalue weighted by atomic mass is 35.5. The van der Waals surface area contributed by atoms with Crippen molar-refractivity contribution in [1.29, 1.82) is 0 Å². The van der Waals surface area contributed by atoms with Gasteiger partial charge in [0.25, 0.3) is 5.91 Å². The van der Waals surface area contributed by atoms with Crippen LogP contribution in [0.1, 0.15) is 25.5 Å². The number of hydrogen-bond acceptors (Lipinski definition) is 3. The standard InChI is InChI=1S/C14H16Cl2N4O/c1-9(2)19(3)14(21)13(20-8-17-7-18-20)11-5-4-10(15)6-12(11)16/h4-9,13H,1-3H3. The molecule has 7 heteroatoms. The van der Waals surface area contributed by atoms with Crippen molar-refractivity contribution in [2.45, 2.75) is 25.9 Å². The predicted octanol–water partition coefficient (Wildman–Crippen LogP) is 3.04. The third-order valence-electron chi connectivity index (χ3n) is 3.31. The molecule has 0 aliphatic heterocycles. The predicted molar refractivity (Wildman–Crippen MR) is 82.5 cm³/mol. The highest BCUT2D eigenvalue weighted by Gasteiger charge is 2.29. The monoisotopic (exact) mass is 326 g/mol. The van der Waals surface area contributed by atoms with Gasteiger partial charge in [0.2, 0.25) is 0 Å². The first-order valence-corrected chi connectivity index (χ1v) is 7.23. The zero-order valence-electron chi connectivity index (χ0n) is 12.0. The summed E-state index contributed by atoms with van der Waals surface area (Å²) >= 11 is 12.2. The van der Waals surface area contributed by atoms with E-state index in [-0.39, 0.29) is 11.9 Å². The van der Waals surface area contributed by atoms with Crippen LogP contribution in [0.3, 0.4) is 0 Å². The number of rotatable bonds is 4. The molecule has 21 heavy (non-hydrogen) atoms. The zero-order chi connectivity index (χ0) is 15.6. The molecule has 5 nitrogen and oxygen atoms in total. The lowest BCUT2D eigenvalue weighted by Gasteiger charge is -2.27. The summed E-state index contributed by atoms with van der Waals surface area (Å²) in [5.74, 6) is -0.111. The molecule has 0 N–H and O–H groups in total. The molecule has 0 aliphatic carbocycles. The summed E-state index contributed by atoms with van der Waals surface area (Å²) in [4.78, 5) is 18.3. The largest absolute Gasteiger partial charge is 0.341 e. The fourth-order valence-corrected chi connectivity index (χ4v) is 2.42. The van der Waals surface area contributed by atoms with Gasteiger partial charge in [-0.25, -0.2) is 9.67 Å². The maximum atomic E-state index is 12.8. The summed E-state index contributed by atoms with van der Waals surface area (Å²) in [6, 6.07) is 4.46. The summed E-state index contributed by atoms with van der Waals surface area (Å²) in [7, 11) is 1.75. The Hall–Kier alpha value is -1.59. The van der Waals surface area contributed by atoms with Crippen molar-refractivity contribution in [3.63, 3.8) is 0 Å². The van der Waals surface area contributed by atoms with Crippen LogP contribution >= 0.6 is 23.2 Å². The van der Waals surface area contributed by atoms with E-state index >= 15 is 0 Å². The molecule has 0 radical (unpaired) electrons. The molecule has 1 aromatic carbocycles. The lowest BCUT2D eigenvalue weighted by molar-refractivity contribution is -0.134. The van der Waals surface area contributed by atoms with Gasteiger partial charge in [-0.15, -0.1) is 0 Å². The van der Waals surface area contributed by atoms with Gasteiger partial charge < -0.3 is 4.90 Å². The van der Waals surface area contributed by atoms with E-state index < -0.39 is 6.04 Å². The second-order valence-electron chi connectivity index (χ2n) is 4.99. The van der Waals surface area contributed by atoms with E-state index in [2.05, 4.69) is 10.1 Å². The molecule has 0 saturated heterocycles. The van der Waals surface area contributed by atoms with Crippen LogP contribution in [-0.2, 0) is 4.79 Å². The minimum absolute atomic E-state index is 0.0644. The average molecular weight is 327 g/mol. The van der Waals surface area contributed by atoms with Gasteiger partial charge in [-0.2, -0.15) is 5.10 Å². The van der Waals surface area contributed by atoms with Crippen LogP contribution in [0.25, 0.3) is 0 Å². The van der Waals surface area contributed by atoms with E-state index in [0.717, 1.165) is 0 Å². The molecule has 2 rings (SSSR count). The van der Waals surface area contributed by atoms with Crippen molar-refractivity contribution in [2.24, 2.45) is 0 Å². The Morgan fingerprint density at radius 2 is 2.05 bits per heavy atom. The van der Waals surface area contributed by atoms with E-state index in [0.29, 0.717) is 15.6 Å². The minimum atomic E-state index is -0.662.